The molecular weight excluding hydrogens is 672 g/mol. The lowest BCUT2D eigenvalue weighted by molar-refractivity contribution is -0.0316. The second-order valence-corrected chi connectivity index (χ2v) is 13.4. The second kappa shape index (κ2) is 19.6. The number of hydrogen-bond donors (Lipinski definition) is 2. The molecule has 0 unspecified atom stereocenters. The molecule has 10 heteroatoms. The van der Waals surface area contributed by atoms with Gasteiger partial charge in [0.05, 0.1) is 59.5 Å². The van der Waals surface area contributed by atoms with Crippen molar-refractivity contribution in [3.63, 3.8) is 0 Å². The summed E-state index contributed by atoms with van der Waals surface area (Å²) in [6, 6.07) is 20.7. The van der Waals surface area contributed by atoms with E-state index < -0.39 is 0 Å². The zero-order valence-corrected chi connectivity index (χ0v) is 31.2. The van der Waals surface area contributed by atoms with Crippen LogP contribution in [-0.4, -0.2) is 72.9 Å². The van der Waals surface area contributed by atoms with Crippen LogP contribution in [0.15, 0.2) is 60.7 Å². The van der Waals surface area contributed by atoms with Crippen LogP contribution in [0.3, 0.4) is 0 Å². The molecule has 10 nitrogen and oxygen atoms in total. The molecule has 0 aromatic heterocycles. The van der Waals surface area contributed by atoms with E-state index in [9.17, 15) is 0 Å². The summed E-state index contributed by atoms with van der Waals surface area (Å²) in [6.45, 7) is 8.87. The van der Waals surface area contributed by atoms with Gasteiger partial charge in [-0.3, -0.25) is 0 Å². The van der Waals surface area contributed by atoms with Crippen molar-refractivity contribution in [3.8, 4) is 23.0 Å². The molecule has 4 N–H and O–H groups in total. The smallest absolute Gasteiger partial charge is 0.189 e. The van der Waals surface area contributed by atoms with Crippen molar-refractivity contribution in [1.82, 2.24) is 0 Å². The van der Waals surface area contributed by atoms with Crippen LogP contribution in [0.5, 0.6) is 23.0 Å². The predicted molar refractivity (Wildman–Crippen MR) is 207 cm³/mol. The normalized spacial score (nSPS) is 16.0. The summed E-state index contributed by atoms with van der Waals surface area (Å²) in [6.07, 6.45) is 3.91. The lowest BCUT2D eigenvalue weighted by Gasteiger charge is -2.23. The van der Waals surface area contributed by atoms with Crippen molar-refractivity contribution in [2.24, 2.45) is 0 Å². The zero-order chi connectivity index (χ0) is 36.8. The summed E-state index contributed by atoms with van der Waals surface area (Å²) < 4.78 is 49.5. The Labute approximate surface area is 313 Å². The topological polar surface area (TPSA) is 126 Å². The largest absolute Gasteiger partial charge is 0.493 e. The van der Waals surface area contributed by atoms with Crippen LogP contribution in [0.25, 0.3) is 0 Å². The Morgan fingerprint density at radius 3 is 1.23 bits per heavy atom. The molecule has 1 aliphatic heterocycles. The highest BCUT2D eigenvalue weighted by Gasteiger charge is 2.23. The van der Waals surface area contributed by atoms with E-state index in [4.69, 9.17) is 49.4 Å². The van der Waals surface area contributed by atoms with Crippen LogP contribution in [0.2, 0.25) is 0 Å². The van der Waals surface area contributed by atoms with Gasteiger partial charge < -0.3 is 49.4 Å². The number of fused-ring (bicyclic) bond motifs is 2. The SMILES string of the molecule is CCCOc1c2cccc1Cc1cc(N)cc3c1OCOCCOCCOCCOCCOc1c(cc(N)cc1Cc1cccc(c1OCCC)C3)C2. The van der Waals surface area contributed by atoms with Gasteiger partial charge in [0.2, 0.25) is 0 Å². The minimum Gasteiger partial charge on any atom is -0.493 e. The number of para-hydroxylation sites is 2. The molecule has 0 fully saturated rings. The minimum atomic E-state index is 0.0540. The van der Waals surface area contributed by atoms with Crippen LogP contribution in [-0.2, 0) is 44.6 Å². The number of nitrogens with two attached hydrogens (primary N) is 2. The van der Waals surface area contributed by atoms with Crippen LogP contribution < -0.4 is 30.4 Å². The third kappa shape index (κ3) is 10.4. The summed E-state index contributed by atoms with van der Waals surface area (Å²) in [5.41, 5.74) is 22.6. The molecule has 0 saturated heterocycles. The predicted octanol–water partition coefficient (Wildman–Crippen LogP) is 6.90. The molecular formula is C43H54N2O8. The van der Waals surface area contributed by atoms with Crippen molar-refractivity contribution >= 4 is 11.4 Å². The molecule has 284 valence electrons. The molecule has 53 heavy (non-hydrogen) atoms. The first kappa shape index (κ1) is 38.3. The quantitative estimate of drug-likeness (QED) is 0.179. The Balaban J connectivity index is 1.54. The molecule has 2 aliphatic rings. The maximum absolute atomic E-state index is 6.67. The minimum absolute atomic E-state index is 0.0540. The molecule has 10 bridgehead atoms. The molecule has 0 spiro atoms. The Bertz CT molecular complexity index is 1580. The van der Waals surface area contributed by atoms with Gasteiger partial charge in [0.25, 0.3) is 0 Å². The van der Waals surface area contributed by atoms with E-state index in [0.717, 1.165) is 80.3 Å². The van der Waals surface area contributed by atoms with Crippen molar-refractivity contribution in [1.29, 1.82) is 0 Å². The van der Waals surface area contributed by atoms with E-state index in [1.54, 1.807) is 0 Å². The molecule has 0 radical (unpaired) electrons. The number of rotatable bonds is 6. The molecule has 4 aromatic carbocycles. The van der Waals surface area contributed by atoms with Gasteiger partial charge in [-0.25, -0.2) is 0 Å². The number of ether oxygens (including phenoxy) is 8. The van der Waals surface area contributed by atoms with E-state index in [1.165, 1.54) is 0 Å². The first-order valence-electron chi connectivity index (χ1n) is 18.9. The third-order valence-corrected chi connectivity index (χ3v) is 9.19. The second-order valence-electron chi connectivity index (χ2n) is 13.4. The molecule has 0 atom stereocenters. The van der Waals surface area contributed by atoms with E-state index in [-0.39, 0.29) is 6.79 Å². The number of hydrogen-bond acceptors (Lipinski definition) is 10. The van der Waals surface area contributed by atoms with Gasteiger partial charge in [-0.2, -0.15) is 0 Å². The van der Waals surface area contributed by atoms with E-state index in [2.05, 4.69) is 50.2 Å². The van der Waals surface area contributed by atoms with Crippen molar-refractivity contribution in [2.75, 3.05) is 84.3 Å². The lowest BCUT2D eigenvalue weighted by atomic mass is 9.91. The highest BCUT2D eigenvalue weighted by atomic mass is 16.7. The molecule has 6 rings (SSSR count). The van der Waals surface area contributed by atoms with Crippen molar-refractivity contribution in [2.45, 2.75) is 52.4 Å². The Morgan fingerprint density at radius 2 is 0.830 bits per heavy atom. The summed E-state index contributed by atoms with van der Waals surface area (Å²) in [5, 5.41) is 0. The van der Waals surface area contributed by atoms with Crippen LogP contribution >= 0.6 is 0 Å². The standard InChI is InChI=1S/C43H54N2O8/c1-3-11-50-40-30-7-5-9-32(40)23-36-27-39(45)28-37-24-33-10-6-8-31(41(33)51-12-4-2)22-35-26-38(44)25-34(21-30)42(35)52-20-19-48-16-15-46-13-14-47-17-18-49-29-53-43(36)37/h5-10,25-28H,3-4,11-24,29,44-45H2,1-2H3. The summed E-state index contributed by atoms with van der Waals surface area (Å²) in [5.74, 6) is 3.23. The third-order valence-electron chi connectivity index (χ3n) is 9.19. The highest BCUT2D eigenvalue weighted by molar-refractivity contribution is 5.61. The first-order valence-corrected chi connectivity index (χ1v) is 18.9. The van der Waals surface area contributed by atoms with Crippen LogP contribution in [0.4, 0.5) is 11.4 Å². The zero-order valence-electron chi connectivity index (χ0n) is 31.2. The highest BCUT2D eigenvalue weighted by Crippen LogP contribution is 2.40. The summed E-state index contributed by atoms with van der Waals surface area (Å²) in [4.78, 5) is 0. The fourth-order valence-corrected chi connectivity index (χ4v) is 6.91. The number of benzene rings is 4. The van der Waals surface area contributed by atoms with Crippen molar-refractivity contribution in [3.05, 3.63) is 105 Å². The van der Waals surface area contributed by atoms with E-state index >= 15 is 0 Å². The maximum atomic E-state index is 6.67. The number of nitrogen functional groups attached to an aromatic ring is 2. The lowest BCUT2D eigenvalue weighted by Crippen LogP contribution is -2.16. The van der Waals surface area contributed by atoms with Gasteiger partial charge in [-0.05, 0) is 59.4 Å². The maximum Gasteiger partial charge on any atom is 0.189 e. The van der Waals surface area contributed by atoms with Crippen LogP contribution in [0, 0.1) is 0 Å². The summed E-state index contributed by atoms with van der Waals surface area (Å²) >= 11 is 0. The van der Waals surface area contributed by atoms with E-state index in [0.29, 0.717) is 103 Å². The fourth-order valence-electron chi connectivity index (χ4n) is 6.91. The molecule has 0 saturated carbocycles. The fraction of sp³-hybridized carbons (Fsp3) is 0.442. The summed E-state index contributed by atoms with van der Waals surface area (Å²) in [7, 11) is 0. The molecule has 1 aliphatic carbocycles. The van der Waals surface area contributed by atoms with E-state index in [1.807, 2.05) is 24.3 Å². The number of anilines is 2. The Kier molecular flexibility index (Phi) is 14.1. The van der Waals surface area contributed by atoms with Gasteiger partial charge >= 0.3 is 0 Å². The van der Waals surface area contributed by atoms with Gasteiger partial charge in [0.15, 0.2) is 6.79 Å². The van der Waals surface area contributed by atoms with Crippen LogP contribution in [0.1, 0.15) is 71.2 Å². The monoisotopic (exact) mass is 726 g/mol. The average Bonchev–Trinajstić information content (AvgIpc) is 3.13. The Hall–Kier alpha value is -4.48. The van der Waals surface area contributed by atoms with Gasteiger partial charge in [-0.15, -0.1) is 0 Å². The molecule has 4 aromatic rings. The molecule has 0 amide bonds. The van der Waals surface area contributed by atoms with Gasteiger partial charge in [-0.1, -0.05) is 50.2 Å². The first-order chi connectivity index (χ1) is 26.0. The Morgan fingerprint density at radius 1 is 0.472 bits per heavy atom. The van der Waals surface area contributed by atoms with Gasteiger partial charge in [0.1, 0.15) is 29.6 Å². The average molecular weight is 727 g/mol. The van der Waals surface area contributed by atoms with Gasteiger partial charge in [0, 0.05) is 59.3 Å². The van der Waals surface area contributed by atoms with Crippen molar-refractivity contribution < 1.29 is 37.9 Å². The molecule has 1 heterocycles.